The monoisotopic (exact) mass is 319 g/mol. The standard InChI is InChI=1S/C24H17N/c1-2-6-17(5-1)13-19-9-11-23-21(15-19)22-16-20(10-12-24(22)25-23)14-18-7-3-4-8-18/h1-16,25H. The van der Waals surface area contributed by atoms with Crippen molar-refractivity contribution in [2.75, 3.05) is 0 Å². The van der Waals surface area contributed by atoms with Crippen LogP contribution in [0.15, 0.2) is 96.2 Å². The van der Waals surface area contributed by atoms with Crippen molar-refractivity contribution in [3.63, 3.8) is 0 Å². The van der Waals surface area contributed by atoms with Gasteiger partial charge in [0.2, 0.25) is 0 Å². The van der Waals surface area contributed by atoms with Crippen molar-refractivity contribution in [1.82, 2.24) is 4.98 Å². The molecule has 25 heavy (non-hydrogen) atoms. The van der Waals surface area contributed by atoms with Gasteiger partial charge in [0.15, 0.2) is 0 Å². The lowest BCUT2D eigenvalue weighted by Gasteiger charge is -1.99. The highest BCUT2D eigenvalue weighted by atomic mass is 14.7. The lowest BCUT2D eigenvalue weighted by molar-refractivity contribution is 1.54. The van der Waals surface area contributed by atoms with Gasteiger partial charge in [0.25, 0.3) is 0 Å². The molecule has 2 aliphatic carbocycles. The fraction of sp³-hybridized carbons (Fsp3) is 0. The first-order valence-corrected chi connectivity index (χ1v) is 8.54. The van der Waals surface area contributed by atoms with E-state index in [1.54, 1.807) is 0 Å². The second kappa shape index (κ2) is 5.64. The minimum Gasteiger partial charge on any atom is -0.355 e. The highest BCUT2D eigenvalue weighted by molar-refractivity contribution is 6.08. The van der Waals surface area contributed by atoms with E-state index in [0.29, 0.717) is 0 Å². The van der Waals surface area contributed by atoms with E-state index >= 15 is 0 Å². The zero-order valence-electron chi connectivity index (χ0n) is 13.7. The zero-order chi connectivity index (χ0) is 16.6. The molecule has 0 aliphatic heterocycles. The molecule has 5 rings (SSSR count). The minimum absolute atomic E-state index is 1.18. The molecule has 2 aliphatic rings. The van der Waals surface area contributed by atoms with E-state index in [0.717, 1.165) is 0 Å². The van der Waals surface area contributed by atoms with Crippen LogP contribution in [0.2, 0.25) is 0 Å². The first-order valence-electron chi connectivity index (χ1n) is 8.54. The number of benzene rings is 2. The molecule has 2 aromatic carbocycles. The number of hydrogen-bond acceptors (Lipinski definition) is 0. The van der Waals surface area contributed by atoms with Crippen LogP contribution in [0.5, 0.6) is 0 Å². The summed E-state index contributed by atoms with van der Waals surface area (Å²) in [5.74, 6) is 0. The molecule has 0 saturated heterocycles. The normalized spacial score (nSPS) is 15.2. The second-order valence-corrected chi connectivity index (χ2v) is 6.46. The molecule has 118 valence electrons. The van der Waals surface area contributed by atoms with Crippen LogP contribution in [0, 0.1) is 0 Å². The van der Waals surface area contributed by atoms with E-state index in [1.165, 1.54) is 44.1 Å². The van der Waals surface area contributed by atoms with Crippen LogP contribution in [0.1, 0.15) is 11.1 Å². The Kier molecular flexibility index (Phi) is 3.17. The number of hydrogen-bond donors (Lipinski definition) is 1. The fourth-order valence-electron chi connectivity index (χ4n) is 3.47. The van der Waals surface area contributed by atoms with Gasteiger partial charge < -0.3 is 4.98 Å². The predicted octanol–water partition coefficient (Wildman–Crippen LogP) is 6.34. The Hall–Kier alpha value is -3.32. The Labute approximate surface area is 146 Å². The quantitative estimate of drug-likeness (QED) is 0.567. The molecule has 1 N–H and O–H groups in total. The van der Waals surface area contributed by atoms with Crippen LogP contribution in [-0.2, 0) is 0 Å². The van der Waals surface area contributed by atoms with Gasteiger partial charge in [0.05, 0.1) is 0 Å². The van der Waals surface area contributed by atoms with Crippen LogP contribution < -0.4 is 0 Å². The molecule has 1 heterocycles. The van der Waals surface area contributed by atoms with Crippen molar-refractivity contribution in [2.24, 2.45) is 0 Å². The van der Waals surface area contributed by atoms with E-state index in [1.807, 2.05) is 0 Å². The first-order chi connectivity index (χ1) is 12.3. The van der Waals surface area contributed by atoms with Gasteiger partial charge in [-0.1, -0.05) is 60.7 Å². The molecule has 0 amide bonds. The summed E-state index contributed by atoms with van der Waals surface area (Å²) in [7, 11) is 0. The fourth-order valence-corrected chi connectivity index (χ4v) is 3.47. The molecule has 0 fully saturated rings. The Morgan fingerprint density at radius 1 is 0.560 bits per heavy atom. The Morgan fingerprint density at radius 2 is 1.00 bits per heavy atom. The number of rotatable bonds is 2. The number of aromatic nitrogens is 1. The molecule has 0 bridgehead atoms. The number of fused-ring (bicyclic) bond motifs is 3. The van der Waals surface area contributed by atoms with E-state index in [4.69, 9.17) is 0 Å². The SMILES string of the molecule is C1=CC(=Cc2ccc3[nH]c4ccc(C=C5C=CC=C5)cc4c3c2)C=C1. The van der Waals surface area contributed by atoms with Gasteiger partial charge in [-0.15, -0.1) is 0 Å². The second-order valence-electron chi connectivity index (χ2n) is 6.46. The van der Waals surface area contributed by atoms with Gasteiger partial charge in [0.1, 0.15) is 0 Å². The summed E-state index contributed by atoms with van der Waals surface area (Å²) in [4.78, 5) is 3.52. The van der Waals surface area contributed by atoms with Crippen LogP contribution in [0.25, 0.3) is 34.0 Å². The van der Waals surface area contributed by atoms with Gasteiger partial charge in [-0.25, -0.2) is 0 Å². The molecule has 0 radical (unpaired) electrons. The van der Waals surface area contributed by atoms with E-state index in [-0.39, 0.29) is 0 Å². The lowest BCUT2D eigenvalue weighted by atomic mass is 10.0. The van der Waals surface area contributed by atoms with Crippen molar-refractivity contribution >= 4 is 34.0 Å². The molecule has 0 unspecified atom stereocenters. The molecular formula is C24H17N. The largest absolute Gasteiger partial charge is 0.355 e. The molecular weight excluding hydrogens is 302 g/mol. The topological polar surface area (TPSA) is 15.8 Å². The van der Waals surface area contributed by atoms with Gasteiger partial charge >= 0.3 is 0 Å². The molecule has 1 aromatic heterocycles. The highest BCUT2D eigenvalue weighted by Gasteiger charge is 2.06. The van der Waals surface area contributed by atoms with Crippen LogP contribution in [-0.4, -0.2) is 4.98 Å². The summed E-state index contributed by atoms with van der Waals surface area (Å²) >= 11 is 0. The van der Waals surface area contributed by atoms with E-state index in [9.17, 15) is 0 Å². The molecule has 1 heteroatoms. The maximum atomic E-state index is 3.52. The van der Waals surface area contributed by atoms with Crippen molar-refractivity contribution in [3.8, 4) is 0 Å². The number of H-pyrrole nitrogens is 1. The Bertz CT molecular complexity index is 1050. The average molecular weight is 319 g/mol. The summed E-state index contributed by atoms with van der Waals surface area (Å²) < 4.78 is 0. The Morgan fingerprint density at radius 3 is 1.44 bits per heavy atom. The number of aromatic amines is 1. The lowest BCUT2D eigenvalue weighted by Crippen LogP contribution is -1.76. The van der Waals surface area contributed by atoms with E-state index in [2.05, 4.69) is 102 Å². The first kappa shape index (κ1) is 14.1. The van der Waals surface area contributed by atoms with Crippen molar-refractivity contribution in [2.45, 2.75) is 0 Å². The summed E-state index contributed by atoms with van der Waals surface area (Å²) in [5, 5.41) is 2.54. The van der Waals surface area contributed by atoms with Crippen LogP contribution in [0.3, 0.4) is 0 Å². The molecule has 0 spiro atoms. The van der Waals surface area contributed by atoms with Crippen molar-refractivity contribution < 1.29 is 0 Å². The zero-order valence-corrected chi connectivity index (χ0v) is 13.7. The summed E-state index contributed by atoms with van der Waals surface area (Å²) in [5.41, 5.74) is 7.30. The predicted molar refractivity (Wildman–Crippen MR) is 108 cm³/mol. The molecule has 3 aromatic rings. The van der Waals surface area contributed by atoms with Crippen molar-refractivity contribution in [1.29, 1.82) is 0 Å². The third-order valence-corrected chi connectivity index (χ3v) is 4.69. The maximum Gasteiger partial charge on any atom is 0.0465 e. The van der Waals surface area contributed by atoms with Crippen LogP contribution in [0.4, 0.5) is 0 Å². The van der Waals surface area contributed by atoms with Crippen molar-refractivity contribution in [3.05, 3.63) is 107 Å². The Balaban J connectivity index is 1.65. The highest BCUT2D eigenvalue weighted by Crippen LogP contribution is 2.29. The third kappa shape index (κ3) is 2.60. The molecule has 1 nitrogen and oxygen atoms in total. The third-order valence-electron chi connectivity index (χ3n) is 4.69. The molecule has 0 atom stereocenters. The summed E-state index contributed by atoms with van der Waals surface area (Å²) in [6, 6.07) is 13.2. The smallest absolute Gasteiger partial charge is 0.0465 e. The van der Waals surface area contributed by atoms with Gasteiger partial charge in [0, 0.05) is 21.8 Å². The van der Waals surface area contributed by atoms with Gasteiger partial charge in [-0.3, -0.25) is 0 Å². The van der Waals surface area contributed by atoms with E-state index < -0.39 is 0 Å². The van der Waals surface area contributed by atoms with Crippen LogP contribution >= 0.6 is 0 Å². The average Bonchev–Trinajstić information content (AvgIpc) is 3.36. The van der Waals surface area contributed by atoms with Gasteiger partial charge in [-0.2, -0.15) is 0 Å². The number of nitrogens with one attached hydrogen (secondary N) is 1. The molecule has 0 saturated carbocycles. The van der Waals surface area contributed by atoms with Gasteiger partial charge in [-0.05, 0) is 58.7 Å². The number of allylic oxidation sites excluding steroid dienone is 10. The maximum absolute atomic E-state index is 3.52. The summed E-state index contributed by atoms with van der Waals surface area (Å²) in [6.07, 6.45) is 21.3. The minimum atomic E-state index is 1.18. The summed E-state index contributed by atoms with van der Waals surface area (Å²) in [6.45, 7) is 0.